The molecule has 0 saturated carbocycles. The van der Waals surface area contributed by atoms with Crippen LogP contribution in [0.2, 0.25) is 4.34 Å². The molecule has 0 spiro atoms. The first-order valence-electron chi connectivity index (χ1n) is 6.09. The van der Waals surface area contributed by atoms with Crippen LogP contribution < -0.4 is 5.32 Å². The van der Waals surface area contributed by atoms with E-state index in [1.54, 1.807) is 11.3 Å². The van der Waals surface area contributed by atoms with Gasteiger partial charge in [-0.15, -0.1) is 23.7 Å². The first-order chi connectivity index (χ1) is 8.22. The Kier molecular flexibility index (Phi) is 5.38. The van der Waals surface area contributed by atoms with E-state index in [1.807, 2.05) is 0 Å². The molecule has 0 amide bonds. The molecule has 2 aliphatic rings. The quantitative estimate of drug-likeness (QED) is 0.853. The van der Waals surface area contributed by atoms with Crippen LogP contribution in [0.3, 0.4) is 0 Å². The molecule has 2 nitrogen and oxygen atoms in total. The Bertz CT molecular complexity index is 393. The fourth-order valence-corrected chi connectivity index (χ4v) is 4.78. The second-order valence-electron chi connectivity index (χ2n) is 5.04. The molecule has 6 heteroatoms. The van der Waals surface area contributed by atoms with Crippen molar-refractivity contribution in [1.82, 2.24) is 10.2 Å². The lowest BCUT2D eigenvalue weighted by atomic mass is 9.89. The predicted molar refractivity (Wildman–Crippen MR) is 84.0 cm³/mol. The molecule has 1 N–H and O–H groups in total. The minimum Gasteiger partial charge on any atom is -0.316 e. The maximum atomic E-state index is 6.08. The van der Waals surface area contributed by atoms with Gasteiger partial charge in [0.05, 0.1) is 0 Å². The third-order valence-electron chi connectivity index (χ3n) is 3.86. The largest absolute Gasteiger partial charge is 0.316 e. The topological polar surface area (TPSA) is 15.3 Å². The van der Waals surface area contributed by atoms with E-state index in [-0.39, 0.29) is 12.4 Å². The smallest absolute Gasteiger partial charge is 0.107 e. The average Bonchev–Trinajstić information content (AvgIpc) is 2.86. The summed E-state index contributed by atoms with van der Waals surface area (Å²) in [5.41, 5.74) is 0. The minimum atomic E-state index is 0. The highest BCUT2D eigenvalue weighted by molar-refractivity contribution is 9.10. The zero-order valence-electron chi connectivity index (χ0n) is 9.99. The molecule has 1 aromatic heterocycles. The van der Waals surface area contributed by atoms with E-state index in [4.69, 9.17) is 11.6 Å². The van der Waals surface area contributed by atoms with Crippen molar-refractivity contribution in [2.75, 3.05) is 26.2 Å². The first-order valence-corrected chi connectivity index (χ1v) is 8.08. The SMILES string of the molecule is Cl.Clc1sc(CN2CCC3CNCC3C2)cc1Br. The lowest BCUT2D eigenvalue weighted by Crippen LogP contribution is -2.39. The van der Waals surface area contributed by atoms with Crippen LogP contribution in [0.25, 0.3) is 0 Å². The van der Waals surface area contributed by atoms with Crippen LogP contribution in [0.4, 0.5) is 0 Å². The van der Waals surface area contributed by atoms with Crippen molar-refractivity contribution in [2.45, 2.75) is 13.0 Å². The molecule has 0 bridgehead atoms. The molecule has 1 aromatic rings. The summed E-state index contributed by atoms with van der Waals surface area (Å²) in [4.78, 5) is 3.94. The summed E-state index contributed by atoms with van der Waals surface area (Å²) in [6.07, 6.45) is 1.35. The van der Waals surface area contributed by atoms with E-state index < -0.39 is 0 Å². The molecule has 0 aromatic carbocycles. The fourth-order valence-electron chi connectivity index (χ4n) is 2.94. The molecule has 2 fully saturated rings. The van der Waals surface area contributed by atoms with Gasteiger partial charge in [-0.25, -0.2) is 0 Å². The van der Waals surface area contributed by atoms with Crippen LogP contribution in [-0.2, 0) is 6.54 Å². The lowest BCUT2D eigenvalue weighted by Gasteiger charge is -2.34. The van der Waals surface area contributed by atoms with Crippen LogP contribution in [0.1, 0.15) is 11.3 Å². The van der Waals surface area contributed by atoms with Crippen molar-refractivity contribution in [3.63, 3.8) is 0 Å². The van der Waals surface area contributed by atoms with E-state index in [0.717, 1.165) is 27.2 Å². The standard InChI is InChI=1S/C12H16BrClN2S.ClH/c13-11-3-10(17-12(11)14)7-16-2-1-8-4-15-5-9(8)6-16;/h3,8-9,15H,1-2,4-7H2;1H. The minimum absolute atomic E-state index is 0. The summed E-state index contributed by atoms with van der Waals surface area (Å²) in [6, 6.07) is 2.16. The van der Waals surface area contributed by atoms with Gasteiger partial charge in [0, 0.05) is 22.4 Å². The third kappa shape index (κ3) is 3.22. The maximum absolute atomic E-state index is 6.08. The molecule has 3 rings (SSSR count). The molecule has 2 atom stereocenters. The lowest BCUT2D eigenvalue weighted by molar-refractivity contribution is 0.143. The molecule has 2 unspecified atom stereocenters. The zero-order valence-corrected chi connectivity index (χ0v) is 14.0. The number of rotatable bonds is 2. The Morgan fingerprint density at radius 2 is 2.22 bits per heavy atom. The van der Waals surface area contributed by atoms with E-state index in [2.05, 4.69) is 32.2 Å². The van der Waals surface area contributed by atoms with Crippen LogP contribution in [0.5, 0.6) is 0 Å². The van der Waals surface area contributed by atoms with Crippen LogP contribution in [0, 0.1) is 11.8 Å². The molecular weight excluding hydrogens is 355 g/mol. The van der Waals surface area contributed by atoms with E-state index in [9.17, 15) is 0 Å². The van der Waals surface area contributed by atoms with Crippen molar-refractivity contribution in [3.8, 4) is 0 Å². The predicted octanol–water partition coefficient (Wildman–Crippen LogP) is 3.63. The number of halogens is 3. The van der Waals surface area contributed by atoms with E-state index in [1.165, 1.54) is 37.5 Å². The Labute approximate surface area is 132 Å². The third-order valence-corrected chi connectivity index (χ3v) is 6.32. The van der Waals surface area contributed by atoms with Gasteiger partial charge in [-0.2, -0.15) is 0 Å². The summed E-state index contributed by atoms with van der Waals surface area (Å²) < 4.78 is 1.91. The monoisotopic (exact) mass is 370 g/mol. The van der Waals surface area contributed by atoms with Crippen molar-refractivity contribution < 1.29 is 0 Å². The van der Waals surface area contributed by atoms with Crippen molar-refractivity contribution in [3.05, 3.63) is 19.8 Å². The van der Waals surface area contributed by atoms with Gasteiger partial charge in [0.25, 0.3) is 0 Å². The highest BCUT2D eigenvalue weighted by Gasteiger charge is 2.32. The Morgan fingerprint density at radius 3 is 2.94 bits per heavy atom. The normalized spacial score (nSPS) is 27.9. The molecular formula is C12H17BrCl2N2S. The Morgan fingerprint density at radius 1 is 1.44 bits per heavy atom. The van der Waals surface area contributed by atoms with Gasteiger partial charge in [0.1, 0.15) is 4.34 Å². The van der Waals surface area contributed by atoms with Gasteiger partial charge >= 0.3 is 0 Å². The molecule has 0 radical (unpaired) electrons. The van der Waals surface area contributed by atoms with E-state index >= 15 is 0 Å². The van der Waals surface area contributed by atoms with Gasteiger partial charge in [-0.05, 0) is 59.9 Å². The molecule has 2 aliphatic heterocycles. The second kappa shape index (κ2) is 6.42. The van der Waals surface area contributed by atoms with Gasteiger partial charge in [0.2, 0.25) is 0 Å². The van der Waals surface area contributed by atoms with Gasteiger partial charge < -0.3 is 5.32 Å². The van der Waals surface area contributed by atoms with Crippen molar-refractivity contribution in [2.24, 2.45) is 11.8 Å². The van der Waals surface area contributed by atoms with Crippen LogP contribution in [0.15, 0.2) is 10.5 Å². The summed E-state index contributed by atoms with van der Waals surface area (Å²) in [6.45, 7) is 5.96. The number of hydrogen-bond acceptors (Lipinski definition) is 3. The van der Waals surface area contributed by atoms with Gasteiger partial charge in [0.15, 0.2) is 0 Å². The number of nitrogens with one attached hydrogen (secondary N) is 1. The number of thiophene rings is 1. The summed E-state index contributed by atoms with van der Waals surface area (Å²) in [7, 11) is 0. The number of piperidine rings is 1. The second-order valence-corrected chi connectivity index (χ2v) is 7.63. The fraction of sp³-hybridized carbons (Fsp3) is 0.667. The molecule has 18 heavy (non-hydrogen) atoms. The van der Waals surface area contributed by atoms with Gasteiger partial charge in [-0.3, -0.25) is 4.90 Å². The Balaban J connectivity index is 0.00000120. The number of fused-ring (bicyclic) bond motifs is 1. The van der Waals surface area contributed by atoms with Crippen LogP contribution in [-0.4, -0.2) is 31.1 Å². The maximum Gasteiger partial charge on any atom is 0.107 e. The number of nitrogens with zero attached hydrogens (tertiary/aromatic N) is 1. The zero-order chi connectivity index (χ0) is 11.8. The van der Waals surface area contributed by atoms with Gasteiger partial charge in [-0.1, -0.05) is 11.6 Å². The summed E-state index contributed by atoms with van der Waals surface area (Å²) in [5, 5.41) is 3.51. The molecule has 0 aliphatic carbocycles. The van der Waals surface area contributed by atoms with Crippen LogP contribution >= 0.6 is 51.3 Å². The molecule has 2 saturated heterocycles. The number of likely N-dealkylation sites (tertiary alicyclic amines) is 1. The highest BCUT2D eigenvalue weighted by atomic mass is 79.9. The number of hydrogen-bond donors (Lipinski definition) is 1. The van der Waals surface area contributed by atoms with Crippen molar-refractivity contribution >= 4 is 51.3 Å². The molecule has 102 valence electrons. The summed E-state index contributed by atoms with van der Waals surface area (Å²) in [5.74, 6) is 1.78. The van der Waals surface area contributed by atoms with Crippen molar-refractivity contribution in [1.29, 1.82) is 0 Å². The highest BCUT2D eigenvalue weighted by Crippen LogP contribution is 2.34. The first kappa shape index (κ1) is 15.1. The Hall–Kier alpha value is 0.680. The molecule has 3 heterocycles. The summed E-state index contributed by atoms with van der Waals surface area (Å²) >= 11 is 11.2. The average molecular weight is 372 g/mol. The van der Waals surface area contributed by atoms with E-state index in [0.29, 0.717) is 0 Å².